The SMILES string of the molecule is CCOc1ccc([C@@H]2C[C@H]2NC2(c3nnnn3CCN3CCOCC3)CC[C@H]3OC(C)(C)O[C@H]32)cc1. The number of ether oxygens (including phenoxy) is 4. The molecule has 2 saturated heterocycles. The van der Waals surface area contributed by atoms with Gasteiger partial charge in [-0.05, 0) is 68.2 Å². The van der Waals surface area contributed by atoms with Gasteiger partial charge in [0.1, 0.15) is 17.4 Å². The Kier molecular flexibility index (Phi) is 6.49. The van der Waals surface area contributed by atoms with Crippen molar-refractivity contribution in [2.45, 2.75) is 82.1 Å². The second-order valence-corrected chi connectivity index (χ2v) is 10.9. The van der Waals surface area contributed by atoms with E-state index in [1.165, 1.54) is 5.56 Å². The molecule has 2 aliphatic carbocycles. The van der Waals surface area contributed by atoms with Crippen LogP contribution in [0.5, 0.6) is 5.75 Å². The molecule has 6 rings (SSSR count). The minimum atomic E-state index is -0.618. The van der Waals surface area contributed by atoms with Crippen LogP contribution in [0.2, 0.25) is 0 Å². The van der Waals surface area contributed by atoms with Crippen molar-refractivity contribution >= 4 is 0 Å². The molecule has 5 atom stereocenters. The second-order valence-electron chi connectivity index (χ2n) is 10.9. The zero-order valence-corrected chi connectivity index (χ0v) is 21.6. The van der Waals surface area contributed by atoms with Crippen LogP contribution in [0.15, 0.2) is 24.3 Å². The molecule has 1 aromatic heterocycles. The van der Waals surface area contributed by atoms with Gasteiger partial charge in [-0.1, -0.05) is 12.1 Å². The van der Waals surface area contributed by atoms with E-state index in [2.05, 4.69) is 50.0 Å². The molecule has 196 valence electrons. The summed E-state index contributed by atoms with van der Waals surface area (Å²) >= 11 is 0. The largest absolute Gasteiger partial charge is 0.494 e. The lowest BCUT2D eigenvalue weighted by Crippen LogP contribution is -2.54. The molecule has 4 fully saturated rings. The number of benzene rings is 1. The van der Waals surface area contributed by atoms with E-state index >= 15 is 0 Å². The topological polar surface area (TPSA) is 95.8 Å². The van der Waals surface area contributed by atoms with E-state index in [1.54, 1.807) is 0 Å². The summed E-state index contributed by atoms with van der Waals surface area (Å²) in [7, 11) is 0. The Labute approximate surface area is 212 Å². The number of hydrogen-bond acceptors (Lipinski definition) is 9. The lowest BCUT2D eigenvalue weighted by atomic mass is 9.92. The fraction of sp³-hybridized carbons (Fsp3) is 0.731. The molecular weight excluding hydrogens is 460 g/mol. The van der Waals surface area contributed by atoms with Crippen LogP contribution in [0, 0.1) is 0 Å². The molecule has 10 heteroatoms. The summed E-state index contributed by atoms with van der Waals surface area (Å²) < 4.78 is 25.9. The Balaban J connectivity index is 1.23. The van der Waals surface area contributed by atoms with Crippen LogP contribution in [0.25, 0.3) is 0 Å². The van der Waals surface area contributed by atoms with Crippen molar-refractivity contribution in [3.05, 3.63) is 35.7 Å². The molecule has 2 aromatic rings. The number of morpholine rings is 1. The van der Waals surface area contributed by atoms with Gasteiger partial charge in [0.15, 0.2) is 11.6 Å². The zero-order chi connectivity index (χ0) is 24.8. The molecule has 1 unspecified atom stereocenters. The molecule has 3 heterocycles. The number of nitrogens with one attached hydrogen (secondary N) is 1. The number of tetrazole rings is 1. The van der Waals surface area contributed by atoms with Crippen LogP contribution in [-0.4, -0.2) is 88.6 Å². The van der Waals surface area contributed by atoms with Gasteiger partial charge in [0, 0.05) is 31.6 Å². The van der Waals surface area contributed by atoms with Crippen LogP contribution < -0.4 is 10.1 Å². The smallest absolute Gasteiger partial charge is 0.174 e. The maximum atomic E-state index is 6.54. The first-order valence-corrected chi connectivity index (χ1v) is 13.4. The molecule has 36 heavy (non-hydrogen) atoms. The van der Waals surface area contributed by atoms with Gasteiger partial charge < -0.3 is 18.9 Å². The summed E-state index contributed by atoms with van der Waals surface area (Å²) in [5.74, 6) is 1.61. The van der Waals surface area contributed by atoms with E-state index in [1.807, 2.05) is 25.5 Å². The number of aromatic nitrogens is 4. The van der Waals surface area contributed by atoms with Gasteiger partial charge in [0.05, 0.1) is 32.5 Å². The highest BCUT2D eigenvalue weighted by Gasteiger charge is 2.62. The van der Waals surface area contributed by atoms with Crippen molar-refractivity contribution in [3.8, 4) is 5.75 Å². The molecule has 0 radical (unpaired) electrons. The van der Waals surface area contributed by atoms with Gasteiger partial charge in [-0.15, -0.1) is 5.10 Å². The van der Waals surface area contributed by atoms with Gasteiger partial charge in [0.2, 0.25) is 0 Å². The minimum Gasteiger partial charge on any atom is -0.494 e. The third-order valence-corrected chi connectivity index (χ3v) is 8.01. The quantitative estimate of drug-likeness (QED) is 0.557. The summed E-state index contributed by atoms with van der Waals surface area (Å²) in [6.45, 7) is 11.8. The van der Waals surface area contributed by atoms with Crippen molar-refractivity contribution in [3.63, 3.8) is 0 Å². The maximum Gasteiger partial charge on any atom is 0.174 e. The normalized spacial score (nSPS) is 33.5. The molecule has 1 N–H and O–H groups in total. The first kappa shape index (κ1) is 24.2. The van der Waals surface area contributed by atoms with Gasteiger partial charge in [-0.2, -0.15) is 0 Å². The Morgan fingerprint density at radius 1 is 1.11 bits per heavy atom. The number of nitrogens with zero attached hydrogens (tertiary/aromatic N) is 5. The molecule has 0 spiro atoms. The second kappa shape index (κ2) is 9.64. The first-order chi connectivity index (χ1) is 17.5. The molecule has 4 aliphatic rings. The van der Waals surface area contributed by atoms with E-state index < -0.39 is 11.3 Å². The van der Waals surface area contributed by atoms with E-state index in [-0.39, 0.29) is 12.2 Å². The number of hydrogen-bond donors (Lipinski definition) is 1. The summed E-state index contributed by atoms with van der Waals surface area (Å²) in [6.07, 6.45) is 2.76. The zero-order valence-electron chi connectivity index (χ0n) is 21.6. The van der Waals surface area contributed by atoms with Crippen molar-refractivity contribution in [1.29, 1.82) is 0 Å². The molecular formula is C26H38N6O4. The van der Waals surface area contributed by atoms with Crippen LogP contribution in [-0.2, 0) is 26.3 Å². The molecule has 0 amide bonds. The van der Waals surface area contributed by atoms with E-state index in [9.17, 15) is 0 Å². The van der Waals surface area contributed by atoms with E-state index in [0.29, 0.717) is 18.6 Å². The molecule has 0 bridgehead atoms. The Morgan fingerprint density at radius 3 is 2.69 bits per heavy atom. The fourth-order valence-electron chi connectivity index (χ4n) is 6.20. The number of rotatable bonds is 9. The minimum absolute atomic E-state index is 0.0274. The average Bonchev–Trinajstić information content (AvgIpc) is 3.17. The van der Waals surface area contributed by atoms with Crippen molar-refractivity contribution in [1.82, 2.24) is 30.4 Å². The summed E-state index contributed by atoms with van der Waals surface area (Å²) in [6, 6.07) is 8.84. The third-order valence-electron chi connectivity index (χ3n) is 8.01. The van der Waals surface area contributed by atoms with Gasteiger partial charge in [-0.25, -0.2) is 4.68 Å². The van der Waals surface area contributed by atoms with Gasteiger partial charge in [-0.3, -0.25) is 10.2 Å². The average molecular weight is 499 g/mol. The lowest BCUT2D eigenvalue weighted by molar-refractivity contribution is -0.161. The predicted molar refractivity (Wildman–Crippen MR) is 132 cm³/mol. The maximum absolute atomic E-state index is 6.54. The van der Waals surface area contributed by atoms with Crippen LogP contribution >= 0.6 is 0 Å². The van der Waals surface area contributed by atoms with Gasteiger partial charge >= 0.3 is 0 Å². The highest BCUT2D eigenvalue weighted by atomic mass is 16.8. The summed E-state index contributed by atoms with van der Waals surface area (Å²) in [5, 5.41) is 17.2. The van der Waals surface area contributed by atoms with Gasteiger partial charge in [0.25, 0.3) is 0 Å². The Morgan fingerprint density at radius 2 is 1.92 bits per heavy atom. The van der Waals surface area contributed by atoms with Crippen LogP contribution in [0.4, 0.5) is 0 Å². The van der Waals surface area contributed by atoms with Crippen molar-refractivity contribution in [2.24, 2.45) is 0 Å². The lowest BCUT2D eigenvalue weighted by Gasteiger charge is -2.35. The molecule has 2 saturated carbocycles. The van der Waals surface area contributed by atoms with Crippen LogP contribution in [0.3, 0.4) is 0 Å². The highest BCUT2D eigenvalue weighted by Crippen LogP contribution is 2.51. The molecule has 2 aliphatic heterocycles. The summed E-state index contributed by atoms with van der Waals surface area (Å²) in [4.78, 5) is 2.41. The highest BCUT2D eigenvalue weighted by molar-refractivity contribution is 5.34. The fourth-order valence-corrected chi connectivity index (χ4v) is 6.20. The Bertz CT molecular complexity index is 1040. The van der Waals surface area contributed by atoms with Crippen LogP contribution in [0.1, 0.15) is 57.3 Å². The molecule has 10 nitrogen and oxygen atoms in total. The van der Waals surface area contributed by atoms with Crippen molar-refractivity contribution in [2.75, 3.05) is 39.5 Å². The van der Waals surface area contributed by atoms with Crippen molar-refractivity contribution < 1.29 is 18.9 Å². The Hall–Kier alpha value is -2.11. The summed E-state index contributed by atoms with van der Waals surface area (Å²) in [5.41, 5.74) is 0.842. The number of fused-ring (bicyclic) bond motifs is 1. The third kappa shape index (κ3) is 4.65. The van der Waals surface area contributed by atoms with E-state index in [4.69, 9.17) is 18.9 Å². The monoisotopic (exact) mass is 498 g/mol. The predicted octanol–water partition coefficient (Wildman–Crippen LogP) is 2.06. The standard InChI is InChI=1S/C26H38N6O4/c1-4-34-19-7-5-18(6-8-19)20-17-21(20)27-26(10-9-22-23(26)36-25(2,3)35-22)24-28-29-30-32(24)12-11-31-13-15-33-16-14-31/h5-8,20-23,27H,4,9-17H2,1-3H3/t20-,21+,22+,23+,26?/m0/s1. The molecule has 1 aromatic carbocycles. The van der Waals surface area contributed by atoms with E-state index in [0.717, 1.165) is 70.2 Å². The first-order valence-electron chi connectivity index (χ1n) is 13.4.